The monoisotopic (exact) mass is 201 g/mol. The molecule has 3 nitrogen and oxygen atoms in total. The zero-order valence-corrected chi connectivity index (χ0v) is 8.71. The molecule has 0 fully saturated rings. The Morgan fingerprint density at radius 1 is 1.75 bits per heavy atom. The number of hydrogen-bond donors (Lipinski definition) is 1. The number of nitrogens with zero attached hydrogens (tertiary/aromatic N) is 2. The molecule has 1 aromatic rings. The Hall–Kier alpha value is -0.520. The van der Waals surface area contributed by atoms with Crippen LogP contribution in [0.2, 0.25) is 0 Å². The van der Waals surface area contributed by atoms with Crippen LogP contribution in [0, 0.1) is 0 Å². The summed E-state index contributed by atoms with van der Waals surface area (Å²) in [4.78, 5) is 7.56. The lowest BCUT2D eigenvalue weighted by Crippen LogP contribution is -2.10. The molecule has 0 radical (unpaired) electrons. The summed E-state index contributed by atoms with van der Waals surface area (Å²) in [5.41, 5.74) is 5.45. The van der Waals surface area contributed by atoms with Crippen molar-refractivity contribution < 1.29 is 0 Å². The van der Waals surface area contributed by atoms with E-state index in [2.05, 4.69) is 9.88 Å². The molecule has 0 saturated heterocycles. The lowest BCUT2D eigenvalue weighted by Gasteiger charge is -2.04. The van der Waals surface area contributed by atoms with Crippen molar-refractivity contribution in [3.8, 4) is 0 Å². The number of rotatable bonds is 3. The van der Waals surface area contributed by atoms with Crippen molar-refractivity contribution >= 4 is 28.5 Å². The highest BCUT2D eigenvalue weighted by atomic mass is 32.1. The van der Waals surface area contributed by atoms with E-state index < -0.39 is 0 Å². The molecule has 2 N–H and O–H groups in total. The van der Waals surface area contributed by atoms with Crippen LogP contribution >= 0.6 is 23.6 Å². The van der Waals surface area contributed by atoms with E-state index in [1.165, 1.54) is 0 Å². The van der Waals surface area contributed by atoms with Gasteiger partial charge in [0.2, 0.25) is 0 Å². The predicted octanol–water partition coefficient (Wildman–Crippen LogP) is 0.839. The molecule has 0 aromatic carbocycles. The van der Waals surface area contributed by atoms with Crippen molar-refractivity contribution in [2.24, 2.45) is 5.73 Å². The zero-order valence-electron chi connectivity index (χ0n) is 7.07. The summed E-state index contributed by atoms with van der Waals surface area (Å²) in [6.07, 6.45) is 1.73. The molecule has 0 amide bonds. The number of thiocarbonyl (C=S) groups is 1. The summed E-state index contributed by atoms with van der Waals surface area (Å²) in [5, 5.41) is 1.04. The van der Waals surface area contributed by atoms with E-state index >= 15 is 0 Å². The van der Waals surface area contributed by atoms with Gasteiger partial charge < -0.3 is 10.6 Å². The van der Waals surface area contributed by atoms with Crippen LogP contribution < -0.4 is 5.73 Å². The second-order valence-corrected chi connectivity index (χ2v) is 4.28. The molecule has 0 unspecified atom stereocenters. The van der Waals surface area contributed by atoms with Gasteiger partial charge in [0.1, 0.15) is 10.00 Å². The fourth-order valence-corrected chi connectivity index (χ4v) is 1.83. The Labute approximate surface area is 81.2 Å². The van der Waals surface area contributed by atoms with Crippen LogP contribution in [0.25, 0.3) is 0 Å². The first-order chi connectivity index (χ1) is 5.59. The molecule has 12 heavy (non-hydrogen) atoms. The lowest BCUT2D eigenvalue weighted by molar-refractivity contribution is 0.401. The van der Waals surface area contributed by atoms with Crippen molar-refractivity contribution in [1.29, 1.82) is 0 Å². The lowest BCUT2D eigenvalue weighted by atomic mass is 10.5. The molecule has 0 bridgehead atoms. The summed E-state index contributed by atoms with van der Waals surface area (Å²) in [5.74, 6) is 0. The minimum Gasteiger partial charge on any atom is -0.389 e. The number of thiazole rings is 1. The smallest absolute Gasteiger partial charge is 0.115 e. The molecule has 0 aliphatic heterocycles. The van der Waals surface area contributed by atoms with Gasteiger partial charge in [0.15, 0.2) is 0 Å². The minimum absolute atomic E-state index is 0.428. The molecule has 1 rings (SSSR count). The molecule has 0 aliphatic carbocycles. The highest BCUT2D eigenvalue weighted by Gasteiger charge is 2.04. The molecule has 0 atom stereocenters. The molecular weight excluding hydrogens is 190 g/mol. The first-order valence-corrected chi connectivity index (χ1v) is 4.71. The average Bonchev–Trinajstić information content (AvgIpc) is 2.34. The molecule has 0 aliphatic rings. The topological polar surface area (TPSA) is 42.2 Å². The summed E-state index contributed by atoms with van der Waals surface area (Å²) >= 11 is 6.37. The standard InChI is InChI=1S/C7H11N3S2/c1-10(2)4-6-9-3-5(12-6)7(8)11/h3H,4H2,1-2H3,(H2,8,11). The molecule has 0 saturated carbocycles. The third-order valence-corrected chi connectivity index (χ3v) is 2.61. The van der Waals surface area contributed by atoms with Gasteiger partial charge in [-0.2, -0.15) is 0 Å². The molecule has 5 heteroatoms. The van der Waals surface area contributed by atoms with E-state index in [1.54, 1.807) is 17.5 Å². The Morgan fingerprint density at radius 2 is 2.42 bits per heavy atom. The normalized spacial score (nSPS) is 10.6. The van der Waals surface area contributed by atoms with E-state index in [9.17, 15) is 0 Å². The minimum atomic E-state index is 0.428. The fourth-order valence-electron chi connectivity index (χ4n) is 0.768. The summed E-state index contributed by atoms with van der Waals surface area (Å²) in [6, 6.07) is 0. The fraction of sp³-hybridized carbons (Fsp3) is 0.429. The summed E-state index contributed by atoms with van der Waals surface area (Å²) < 4.78 is 0. The van der Waals surface area contributed by atoms with E-state index in [1.807, 2.05) is 14.1 Å². The zero-order chi connectivity index (χ0) is 9.14. The Morgan fingerprint density at radius 3 is 2.83 bits per heavy atom. The Bertz CT molecular complexity index is 280. The number of nitrogens with two attached hydrogens (primary N) is 1. The number of hydrogen-bond acceptors (Lipinski definition) is 4. The highest BCUT2D eigenvalue weighted by molar-refractivity contribution is 7.81. The summed E-state index contributed by atoms with van der Waals surface area (Å²) in [6.45, 7) is 0.841. The van der Waals surface area contributed by atoms with Crippen LogP contribution in [0.1, 0.15) is 9.88 Å². The third-order valence-electron chi connectivity index (χ3n) is 1.25. The van der Waals surface area contributed by atoms with E-state index in [4.69, 9.17) is 18.0 Å². The first kappa shape index (κ1) is 9.57. The maximum Gasteiger partial charge on any atom is 0.115 e. The van der Waals surface area contributed by atoms with Gasteiger partial charge in [-0.1, -0.05) is 12.2 Å². The largest absolute Gasteiger partial charge is 0.389 e. The van der Waals surface area contributed by atoms with Gasteiger partial charge in [0.05, 0.1) is 4.88 Å². The quantitative estimate of drug-likeness (QED) is 0.736. The van der Waals surface area contributed by atoms with Gasteiger partial charge in [0, 0.05) is 12.7 Å². The van der Waals surface area contributed by atoms with Crippen LogP contribution in [0.4, 0.5) is 0 Å². The van der Waals surface area contributed by atoms with Crippen molar-refractivity contribution in [2.75, 3.05) is 14.1 Å². The molecule has 0 spiro atoms. The summed E-state index contributed by atoms with van der Waals surface area (Å²) in [7, 11) is 4.00. The van der Waals surface area contributed by atoms with E-state index in [-0.39, 0.29) is 0 Å². The predicted molar refractivity (Wildman–Crippen MR) is 55.4 cm³/mol. The third kappa shape index (κ3) is 2.51. The van der Waals surface area contributed by atoms with Crippen molar-refractivity contribution in [3.05, 3.63) is 16.1 Å². The van der Waals surface area contributed by atoms with Crippen LogP contribution in [-0.4, -0.2) is 29.0 Å². The Balaban J connectivity index is 2.71. The van der Waals surface area contributed by atoms with Crippen LogP contribution in [0.3, 0.4) is 0 Å². The van der Waals surface area contributed by atoms with Gasteiger partial charge in [-0.25, -0.2) is 4.98 Å². The maximum atomic E-state index is 5.45. The highest BCUT2D eigenvalue weighted by Crippen LogP contribution is 2.13. The van der Waals surface area contributed by atoms with Crippen LogP contribution in [-0.2, 0) is 6.54 Å². The van der Waals surface area contributed by atoms with Crippen molar-refractivity contribution in [3.63, 3.8) is 0 Å². The molecule has 1 aromatic heterocycles. The second-order valence-electron chi connectivity index (χ2n) is 2.72. The van der Waals surface area contributed by atoms with Gasteiger partial charge in [0.25, 0.3) is 0 Å². The van der Waals surface area contributed by atoms with E-state index in [0.717, 1.165) is 16.4 Å². The van der Waals surface area contributed by atoms with E-state index in [0.29, 0.717) is 4.99 Å². The number of aromatic nitrogens is 1. The van der Waals surface area contributed by atoms with Gasteiger partial charge in [-0.15, -0.1) is 11.3 Å². The van der Waals surface area contributed by atoms with Gasteiger partial charge in [-0.05, 0) is 14.1 Å². The van der Waals surface area contributed by atoms with Gasteiger partial charge in [-0.3, -0.25) is 0 Å². The van der Waals surface area contributed by atoms with Crippen molar-refractivity contribution in [1.82, 2.24) is 9.88 Å². The molecular formula is C7H11N3S2. The van der Waals surface area contributed by atoms with Crippen molar-refractivity contribution in [2.45, 2.75) is 6.54 Å². The average molecular weight is 201 g/mol. The second kappa shape index (κ2) is 3.93. The SMILES string of the molecule is CN(C)Cc1ncc(C(N)=S)s1. The van der Waals surface area contributed by atoms with Crippen LogP contribution in [0.15, 0.2) is 6.20 Å². The first-order valence-electron chi connectivity index (χ1n) is 3.49. The molecule has 1 heterocycles. The maximum absolute atomic E-state index is 5.45. The molecule has 66 valence electrons. The Kier molecular flexibility index (Phi) is 3.13. The van der Waals surface area contributed by atoms with Crippen LogP contribution in [0.5, 0.6) is 0 Å². The van der Waals surface area contributed by atoms with Gasteiger partial charge >= 0.3 is 0 Å².